The number of hydrogen-bond donors (Lipinski definition) is 5. The molecule has 5 aromatic rings. The second-order valence-corrected chi connectivity index (χ2v) is 19.4. The first kappa shape index (κ1) is 46.3. The number of likely N-dealkylation sites (tertiary alicyclic amines) is 2. The smallest absolute Gasteiger partial charge is 0.246 e. The van der Waals surface area contributed by atoms with Gasteiger partial charge in [-0.15, -0.1) is 21.5 Å². The third-order valence-electron chi connectivity index (χ3n) is 12.5. The average molecular weight is 891 g/mol. The summed E-state index contributed by atoms with van der Waals surface area (Å²) in [6.45, 7) is 9.34. The molecule has 0 spiro atoms. The number of H-pyrrole nitrogens is 1. The standard InChI is InChI=1S/C49H62N8O6S/c1-31-44(64-30-51-31)33-21-19-32(20-22-33)26-50-47(62)40-25-36(58)29-57(40)48(63)45(49(2,3)4)53-42(60)17-11-9-7-5-6-8-10-12-18-43(61)56-27-35(28-56)38-23-34-24-39(54-55-46(34)52-38)37-15-13-14-16-41(37)59/h13-16,19-24,30,35-36,40,45,58-59H,5-12,17-18,25-29H2,1-4H3,(H,50,62)(H,52,55)(H,53,60)/t36-,40+,45-/m1/s1. The second kappa shape index (κ2) is 20.9. The van der Waals surface area contributed by atoms with Crippen LogP contribution in [0.3, 0.4) is 0 Å². The molecule has 0 saturated carbocycles. The number of amides is 4. The molecular formula is C49H62N8O6S. The van der Waals surface area contributed by atoms with Crippen LogP contribution in [0.15, 0.2) is 66.2 Å². The van der Waals surface area contributed by atoms with Crippen molar-refractivity contribution in [2.45, 2.75) is 129 Å². The Kier molecular flexibility index (Phi) is 15.1. The van der Waals surface area contributed by atoms with Gasteiger partial charge in [-0.25, -0.2) is 4.98 Å². The molecule has 2 aromatic carbocycles. The van der Waals surface area contributed by atoms with Crippen LogP contribution < -0.4 is 10.6 Å². The van der Waals surface area contributed by atoms with E-state index in [1.807, 2.05) is 80.6 Å². The van der Waals surface area contributed by atoms with Gasteiger partial charge in [0, 0.05) is 68.0 Å². The molecule has 14 nitrogen and oxygen atoms in total. The van der Waals surface area contributed by atoms with Crippen molar-refractivity contribution in [3.8, 4) is 27.4 Å². The molecular weight excluding hydrogens is 829 g/mol. The Morgan fingerprint density at radius 2 is 1.58 bits per heavy atom. The first-order chi connectivity index (χ1) is 30.7. The number of rotatable bonds is 19. The van der Waals surface area contributed by atoms with Crippen molar-refractivity contribution in [2.75, 3.05) is 19.6 Å². The third kappa shape index (κ3) is 11.5. The van der Waals surface area contributed by atoms with Crippen LogP contribution in [0.2, 0.25) is 0 Å². The van der Waals surface area contributed by atoms with Crippen molar-refractivity contribution in [1.82, 2.24) is 40.6 Å². The maximum Gasteiger partial charge on any atom is 0.246 e. The van der Waals surface area contributed by atoms with Crippen LogP contribution in [0.5, 0.6) is 5.75 Å². The number of nitrogens with zero attached hydrogens (tertiary/aromatic N) is 5. The average Bonchev–Trinajstić information content (AvgIpc) is 3.99. The lowest BCUT2D eigenvalue weighted by Gasteiger charge is -2.39. The van der Waals surface area contributed by atoms with E-state index in [9.17, 15) is 29.4 Å². The van der Waals surface area contributed by atoms with Gasteiger partial charge in [-0.1, -0.05) is 95.7 Å². The summed E-state index contributed by atoms with van der Waals surface area (Å²) < 4.78 is 0. The van der Waals surface area contributed by atoms with Crippen molar-refractivity contribution in [3.63, 3.8) is 0 Å². The highest BCUT2D eigenvalue weighted by Crippen LogP contribution is 2.33. The quantitative estimate of drug-likeness (QED) is 0.0526. The van der Waals surface area contributed by atoms with Crippen molar-refractivity contribution in [2.24, 2.45) is 5.41 Å². The molecule has 5 N–H and O–H groups in total. The number of hydrogen-bond acceptors (Lipinski definition) is 10. The highest BCUT2D eigenvalue weighted by atomic mass is 32.1. The molecule has 2 aliphatic rings. The summed E-state index contributed by atoms with van der Waals surface area (Å²) in [4.78, 5) is 65.5. The second-order valence-electron chi connectivity index (χ2n) is 18.5. The van der Waals surface area contributed by atoms with Gasteiger partial charge in [-0.05, 0) is 60.6 Å². The Bertz CT molecular complexity index is 2400. The Morgan fingerprint density at radius 3 is 2.25 bits per heavy atom. The van der Waals surface area contributed by atoms with Gasteiger partial charge >= 0.3 is 0 Å². The number of aryl methyl sites for hydroxylation is 1. The third-order valence-corrected chi connectivity index (χ3v) is 13.5. The molecule has 15 heteroatoms. The number of para-hydroxylation sites is 1. The lowest BCUT2D eigenvalue weighted by molar-refractivity contribution is -0.144. The number of benzene rings is 2. The maximum absolute atomic E-state index is 14.0. The highest BCUT2D eigenvalue weighted by Gasteiger charge is 2.44. The molecule has 0 radical (unpaired) electrons. The number of aliphatic hydroxyl groups excluding tert-OH is 1. The summed E-state index contributed by atoms with van der Waals surface area (Å²) in [5.74, 6) is -0.293. The first-order valence-corrected chi connectivity index (χ1v) is 23.6. The van der Waals surface area contributed by atoms with Crippen LogP contribution in [-0.4, -0.2) is 102 Å². The number of nitrogens with one attached hydrogen (secondary N) is 3. The zero-order valence-electron chi connectivity index (χ0n) is 37.4. The lowest BCUT2D eigenvalue weighted by Crippen LogP contribution is -2.57. The SMILES string of the molecule is Cc1ncsc1-c1ccc(CNC(=O)[C@@H]2C[C@@H](O)CN2C(=O)[C@@H](NC(=O)CCCCCCCCCCC(=O)N2CC(c3cc4cc(-c5ccccc5O)nnc4[nH]3)C2)C(C)(C)C)cc1. The van der Waals surface area contributed by atoms with Crippen LogP contribution in [0.25, 0.3) is 32.7 Å². The molecule has 0 unspecified atom stereocenters. The Labute approximate surface area is 379 Å². The van der Waals surface area contributed by atoms with Gasteiger partial charge in [-0.2, -0.15) is 0 Å². The normalized spacial score (nSPS) is 17.1. The van der Waals surface area contributed by atoms with E-state index in [0.717, 1.165) is 77.7 Å². The van der Waals surface area contributed by atoms with Crippen LogP contribution in [-0.2, 0) is 25.7 Å². The number of aliphatic hydroxyl groups is 1. The molecule has 3 aromatic heterocycles. The summed E-state index contributed by atoms with van der Waals surface area (Å²) in [5.41, 5.74) is 7.15. The van der Waals surface area contributed by atoms with E-state index in [2.05, 4.69) is 36.9 Å². The predicted molar refractivity (Wildman–Crippen MR) is 248 cm³/mol. The molecule has 0 bridgehead atoms. The topological polar surface area (TPSA) is 194 Å². The first-order valence-electron chi connectivity index (χ1n) is 22.7. The number of aromatic amines is 1. The zero-order chi connectivity index (χ0) is 45.4. The van der Waals surface area contributed by atoms with Gasteiger partial charge in [-0.3, -0.25) is 19.2 Å². The van der Waals surface area contributed by atoms with E-state index in [1.165, 1.54) is 4.90 Å². The van der Waals surface area contributed by atoms with E-state index in [1.54, 1.807) is 23.5 Å². The monoisotopic (exact) mass is 890 g/mol. The summed E-state index contributed by atoms with van der Waals surface area (Å²) >= 11 is 1.58. The number of fused-ring (bicyclic) bond motifs is 1. The predicted octanol–water partition coefficient (Wildman–Crippen LogP) is 7.40. The Hall–Kier alpha value is -5.67. The van der Waals surface area contributed by atoms with Gasteiger partial charge in [0.15, 0.2) is 5.65 Å². The van der Waals surface area contributed by atoms with E-state index in [0.29, 0.717) is 49.3 Å². The number of phenols is 1. The lowest BCUT2D eigenvalue weighted by atomic mass is 9.85. The number of β-amino-alcohol motifs (C(OH)–C–C–N with tert-alkyl or cyclic N) is 1. The number of thiazole rings is 1. The van der Waals surface area contributed by atoms with Crippen LogP contribution >= 0.6 is 11.3 Å². The van der Waals surface area contributed by atoms with Gasteiger partial charge in [0.1, 0.15) is 17.8 Å². The van der Waals surface area contributed by atoms with Crippen molar-refractivity contribution in [1.29, 1.82) is 0 Å². The van der Waals surface area contributed by atoms with Gasteiger partial charge < -0.3 is 35.6 Å². The van der Waals surface area contributed by atoms with E-state index >= 15 is 0 Å². The zero-order valence-corrected chi connectivity index (χ0v) is 38.3. The summed E-state index contributed by atoms with van der Waals surface area (Å²) in [5, 5.41) is 36.2. The summed E-state index contributed by atoms with van der Waals surface area (Å²) in [7, 11) is 0. The number of carbonyl (C=O) groups is 4. The Balaban J connectivity index is 0.753. The molecule has 0 aliphatic carbocycles. The van der Waals surface area contributed by atoms with Gasteiger partial charge in [0.2, 0.25) is 23.6 Å². The number of aromatic hydroxyl groups is 1. The largest absolute Gasteiger partial charge is 0.507 e. The number of aromatic nitrogens is 4. The minimum absolute atomic E-state index is 0.0340. The molecule has 64 heavy (non-hydrogen) atoms. The number of carbonyl (C=O) groups excluding carboxylic acids is 4. The molecule has 2 fully saturated rings. The molecule has 340 valence electrons. The van der Waals surface area contributed by atoms with Gasteiger partial charge in [0.25, 0.3) is 0 Å². The van der Waals surface area contributed by atoms with Crippen molar-refractivity contribution in [3.05, 3.63) is 83.1 Å². The molecule has 5 heterocycles. The number of unbranched alkanes of at least 4 members (excludes halogenated alkanes) is 7. The fraction of sp³-hybridized carbons (Fsp3) is 0.490. The minimum Gasteiger partial charge on any atom is -0.507 e. The van der Waals surface area contributed by atoms with Crippen molar-refractivity contribution < 1.29 is 29.4 Å². The molecule has 2 aliphatic heterocycles. The minimum atomic E-state index is -0.848. The van der Waals surface area contributed by atoms with E-state index in [-0.39, 0.29) is 54.8 Å². The highest BCUT2D eigenvalue weighted by molar-refractivity contribution is 7.13. The number of phenolic OH excluding ortho intramolecular Hbond substituents is 1. The van der Waals surface area contributed by atoms with Gasteiger partial charge in [0.05, 0.1) is 27.9 Å². The molecule has 4 amide bonds. The van der Waals surface area contributed by atoms with Crippen LogP contribution in [0, 0.1) is 12.3 Å². The summed E-state index contributed by atoms with van der Waals surface area (Å²) in [6.07, 6.45) is 7.89. The fourth-order valence-corrected chi connectivity index (χ4v) is 9.48. The molecule has 7 rings (SSSR count). The van der Waals surface area contributed by atoms with Crippen LogP contribution in [0.4, 0.5) is 0 Å². The fourth-order valence-electron chi connectivity index (χ4n) is 8.67. The Morgan fingerprint density at radius 1 is 0.891 bits per heavy atom. The van der Waals surface area contributed by atoms with E-state index in [4.69, 9.17) is 0 Å². The molecule has 3 atom stereocenters. The van der Waals surface area contributed by atoms with E-state index < -0.39 is 23.6 Å². The maximum atomic E-state index is 14.0. The van der Waals surface area contributed by atoms with Crippen LogP contribution in [0.1, 0.15) is 114 Å². The van der Waals surface area contributed by atoms with Crippen molar-refractivity contribution >= 4 is 46.0 Å². The summed E-state index contributed by atoms with van der Waals surface area (Å²) in [6, 6.07) is 17.3. The molecule has 2 saturated heterocycles.